The fraction of sp³-hybridized carbons (Fsp3) is 0.0909. The number of fused-ring (bicyclic) bond motifs is 2. The zero-order valence-corrected chi connectivity index (χ0v) is 15.9. The van der Waals surface area contributed by atoms with E-state index in [1.165, 1.54) is 0 Å². The summed E-state index contributed by atoms with van der Waals surface area (Å²) in [7, 11) is 0. The number of nitrogens with one attached hydrogen (secondary N) is 1. The van der Waals surface area contributed by atoms with Crippen molar-refractivity contribution in [1.29, 1.82) is 0 Å². The third-order valence-electron chi connectivity index (χ3n) is 4.52. The van der Waals surface area contributed by atoms with Crippen molar-refractivity contribution in [2.75, 3.05) is 16.8 Å². The molecule has 0 aromatic heterocycles. The van der Waals surface area contributed by atoms with Crippen LogP contribution in [0.3, 0.4) is 0 Å². The Bertz CT molecular complexity index is 1080. The number of hydrogen-bond acceptors (Lipinski definition) is 3. The van der Waals surface area contributed by atoms with E-state index in [0.29, 0.717) is 45.6 Å². The molecule has 6 heteroatoms. The van der Waals surface area contributed by atoms with E-state index in [9.17, 15) is 9.59 Å². The van der Waals surface area contributed by atoms with E-state index in [1.54, 1.807) is 47.4 Å². The Morgan fingerprint density at radius 1 is 1.04 bits per heavy atom. The van der Waals surface area contributed by atoms with Gasteiger partial charge in [-0.3, -0.25) is 9.59 Å². The van der Waals surface area contributed by atoms with Crippen LogP contribution in [0.25, 0.3) is 0 Å². The Balaban J connectivity index is 1.69. The number of carbonyl (C=O) groups excluding carboxylic acids is 2. The maximum atomic E-state index is 13.1. The number of halogens is 1. The van der Waals surface area contributed by atoms with Gasteiger partial charge in [-0.2, -0.15) is 0 Å². The first kappa shape index (κ1) is 18.1. The standard InChI is InChI=1S/C22H17ClN2O3/c1-2-25-18-9-5-6-10-20(18)28-19-12-11-14(13-16(19)22(25)27)24-21(26)15-7-3-4-8-17(15)23/h3-13H,2H2,1H3,(H,24,26). The molecule has 0 bridgehead atoms. The van der Waals surface area contributed by atoms with Gasteiger partial charge in [-0.05, 0) is 49.4 Å². The van der Waals surface area contributed by atoms with Gasteiger partial charge in [0.2, 0.25) is 0 Å². The van der Waals surface area contributed by atoms with Crippen LogP contribution in [-0.2, 0) is 0 Å². The summed E-state index contributed by atoms with van der Waals surface area (Å²) in [4.78, 5) is 27.3. The molecule has 0 spiro atoms. The number of nitrogens with zero attached hydrogens (tertiary/aromatic N) is 1. The normalized spacial score (nSPS) is 12.5. The summed E-state index contributed by atoms with van der Waals surface area (Å²) in [5.41, 5.74) is 1.95. The molecule has 0 fully saturated rings. The van der Waals surface area contributed by atoms with Gasteiger partial charge in [0.1, 0.15) is 5.75 Å². The first-order valence-electron chi connectivity index (χ1n) is 8.87. The molecule has 140 valence electrons. The number of para-hydroxylation sites is 2. The second kappa shape index (κ2) is 7.37. The van der Waals surface area contributed by atoms with Gasteiger partial charge in [0, 0.05) is 12.2 Å². The Morgan fingerprint density at radius 3 is 2.57 bits per heavy atom. The van der Waals surface area contributed by atoms with Gasteiger partial charge in [0.15, 0.2) is 5.75 Å². The number of benzene rings is 3. The van der Waals surface area contributed by atoms with E-state index in [-0.39, 0.29) is 11.8 Å². The van der Waals surface area contributed by atoms with Gasteiger partial charge in [0.25, 0.3) is 11.8 Å². The fourth-order valence-electron chi connectivity index (χ4n) is 3.16. The number of carbonyl (C=O) groups is 2. The van der Waals surface area contributed by atoms with Gasteiger partial charge in [-0.1, -0.05) is 35.9 Å². The van der Waals surface area contributed by atoms with Crippen molar-refractivity contribution >= 4 is 34.8 Å². The van der Waals surface area contributed by atoms with E-state index in [2.05, 4.69) is 5.32 Å². The van der Waals surface area contributed by atoms with Crippen molar-refractivity contribution in [3.63, 3.8) is 0 Å². The zero-order valence-electron chi connectivity index (χ0n) is 15.1. The molecule has 0 radical (unpaired) electrons. The lowest BCUT2D eigenvalue weighted by Crippen LogP contribution is -2.29. The minimum atomic E-state index is -0.344. The fourth-order valence-corrected chi connectivity index (χ4v) is 3.38. The molecule has 1 aliphatic heterocycles. The smallest absolute Gasteiger partial charge is 0.262 e. The molecule has 3 aromatic rings. The molecule has 1 heterocycles. The van der Waals surface area contributed by atoms with Gasteiger partial charge in [-0.15, -0.1) is 0 Å². The van der Waals surface area contributed by atoms with Crippen molar-refractivity contribution in [2.24, 2.45) is 0 Å². The molecule has 4 rings (SSSR count). The number of amides is 2. The quantitative estimate of drug-likeness (QED) is 0.652. The van der Waals surface area contributed by atoms with E-state index >= 15 is 0 Å². The van der Waals surface area contributed by atoms with Crippen LogP contribution < -0.4 is 15.0 Å². The molecular formula is C22H17ClN2O3. The second-order valence-electron chi connectivity index (χ2n) is 6.26. The molecule has 0 atom stereocenters. The number of rotatable bonds is 3. The van der Waals surface area contributed by atoms with Crippen LogP contribution in [0, 0.1) is 0 Å². The van der Waals surface area contributed by atoms with Gasteiger partial charge >= 0.3 is 0 Å². The summed E-state index contributed by atoms with van der Waals surface area (Å²) in [5.74, 6) is 0.535. The first-order chi connectivity index (χ1) is 13.6. The highest BCUT2D eigenvalue weighted by Gasteiger charge is 2.27. The molecule has 0 unspecified atom stereocenters. The molecule has 0 saturated carbocycles. The zero-order chi connectivity index (χ0) is 19.7. The number of anilines is 2. The Morgan fingerprint density at radius 2 is 1.79 bits per heavy atom. The highest BCUT2D eigenvalue weighted by molar-refractivity contribution is 6.34. The van der Waals surface area contributed by atoms with Crippen LogP contribution in [0.5, 0.6) is 11.5 Å². The van der Waals surface area contributed by atoms with E-state index in [1.807, 2.05) is 31.2 Å². The summed E-state index contributed by atoms with van der Waals surface area (Å²) >= 11 is 6.09. The first-order valence-corrected chi connectivity index (χ1v) is 9.25. The lowest BCUT2D eigenvalue weighted by Gasteiger charge is -2.19. The summed E-state index contributed by atoms with van der Waals surface area (Å²) < 4.78 is 5.97. The van der Waals surface area contributed by atoms with Gasteiger partial charge in [-0.25, -0.2) is 0 Å². The second-order valence-corrected chi connectivity index (χ2v) is 6.67. The minimum Gasteiger partial charge on any atom is -0.454 e. The lowest BCUT2D eigenvalue weighted by atomic mass is 10.1. The third-order valence-corrected chi connectivity index (χ3v) is 4.85. The van der Waals surface area contributed by atoms with Gasteiger partial charge < -0.3 is 15.0 Å². The maximum Gasteiger partial charge on any atom is 0.262 e. The van der Waals surface area contributed by atoms with Crippen molar-refractivity contribution in [1.82, 2.24) is 0 Å². The summed E-state index contributed by atoms with van der Waals surface area (Å²) in [6.45, 7) is 2.40. The molecule has 1 N–H and O–H groups in total. The highest BCUT2D eigenvalue weighted by Crippen LogP contribution is 2.39. The molecule has 0 aliphatic carbocycles. The average molecular weight is 393 g/mol. The van der Waals surface area contributed by atoms with Crippen molar-refractivity contribution in [3.05, 3.63) is 82.9 Å². The SMILES string of the molecule is CCN1C(=O)c2cc(NC(=O)c3ccccc3Cl)ccc2Oc2ccccc21. The number of hydrogen-bond donors (Lipinski definition) is 1. The van der Waals surface area contributed by atoms with Crippen molar-refractivity contribution < 1.29 is 14.3 Å². The summed E-state index contributed by atoms with van der Waals surface area (Å²) in [5, 5.41) is 3.16. The molecular weight excluding hydrogens is 376 g/mol. The van der Waals surface area contributed by atoms with Crippen LogP contribution in [0.1, 0.15) is 27.6 Å². The monoisotopic (exact) mass is 392 g/mol. The van der Waals surface area contributed by atoms with Crippen molar-refractivity contribution in [3.8, 4) is 11.5 Å². The molecule has 0 saturated heterocycles. The largest absolute Gasteiger partial charge is 0.454 e. The Labute approximate surface area is 167 Å². The minimum absolute atomic E-state index is 0.184. The topological polar surface area (TPSA) is 58.6 Å². The van der Waals surface area contributed by atoms with Crippen LogP contribution in [0.4, 0.5) is 11.4 Å². The molecule has 2 amide bonds. The number of ether oxygens (including phenoxy) is 1. The molecule has 3 aromatic carbocycles. The third kappa shape index (κ3) is 3.21. The van der Waals surface area contributed by atoms with Crippen LogP contribution in [-0.4, -0.2) is 18.4 Å². The highest BCUT2D eigenvalue weighted by atomic mass is 35.5. The Hall–Kier alpha value is -3.31. The lowest BCUT2D eigenvalue weighted by molar-refractivity contribution is 0.0985. The van der Waals surface area contributed by atoms with Crippen LogP contribution in [0.15, 0.2) is 66.7 Å². The van der Waals surface area contributed by atoms with E-state index < -0.39 is 0 Å². The van der Waals surface area contributed by atoms with Crippen LogP contribution >= 0.6 is 11.6 Å². The van der Waals surface area contributed by atoms with Crippen LogP contribution in [0.2, 0.25) is 5.02 Å². The predicted octanol–water partition coefficient (Wildman–Crippen LogP) is 5.36. The van der Waals surface area contributed by atoms with E-state index in [0.717, 1.165) is 0 Å². The maximum absolute atomic E-state index is 13.1. The average Bonchev–Trinajstić information content (AvgIpc) is 2.82. The Kier molecular flexibility index (Phi) is 4.75. The van der Waals surface area contributed by atoms with E-state index in [4.69, 9.17) is 16.3 Å². The molecule has 1 aliphatic rings. The molecule has 5 nitrogen and oxygen atoms in total. The predicted molar refractivity (Wildman–Crippen MR) is 110 cm³/mol. The van der Waals surface area contributed by atoms with Crippen molar-refractivity contribution in [2.45, 2.75) is 6.92 Å². The van der Waals surface area contributed by atoms with Gasteiger partial charge in [0.05, 0.1) is 21.8 Å². The summed E-state index contributed by atoms with van der Waals surface area (Å²) in [6.07, 6.45) is 0. The molecule has 28 heavy (non-hydrogen) atoms. The summed E-state index contributed by atoms with van der Waals surface area (Å²) in [6, 6.07) is 19.2.